The van der Waals surface area contributed by atoms with Crippen LogP contribution in [0, 0.1) is 11.3 Å². The maximum Gasteiger partial charge on any atom is 0.161 e. The van der Waals surface area contributed by atoms with Crippen LogP contribution in [0.3, 0.4) is 0 Å². The Hall–Kier alpha value is -0.590. The van der Waals surface area contributed by atoms with Gasteiger partial charge in [-0.1, -0.05) is 26.3 Å². The number of rotatable bonds is 0. The third-order valence-corrected chi connectivity index (χ3v) is 3.61. The quantitative estimate of drug-likeness (QED) is 0.503. The number of carbonyl (C=O) groups is 1. The van der Waals surface area contributed by atoms with Crippen LogP contribution in [0.1, 0.15) is 39.0 Å². The Bertz CT molecular complexity index is 241. The smallest absolute Gasteiger partial charge is 0.161 e. The average Bonchev–Trinajstić information content (AvgIpc) is 2.24. The summed E-state index contributed by atoms with van der Waals surface area (Å²) >= 11 is 0. The van der Waals surface area contributed by atoms with Crippen molar-refractivity contribution in [1.29, 1.82) is 0 Å². The van der Waals surface area contributed by atoms with Crippen LogP contribution in [-0.2, 0) is 4.79 Å². The largest absolute Gasteiger partial charge is 0.294 e. The molecule has 0 saturated heterocycles. The second-order valence-electron chi connectivity index (χ2n) is 4.60. The standard InChI is InChI=1S/C11H16O/c1-8-7-11(2)6-4-3-5-9(11)10(8)12/h9H,1,3-7H2,2H3/t9-,11+/m1/s1. The Morgan fingerprint density at radius 3 is 2.92 bits per heavy atom. The highest BCUT2D eigenvalue weighted by Gasteiger charge is 2.47. The van der Waals surface area contributed by atoms with Crippen molar-refractivity contribution in [3.05, 3.63) is 12.2 Å². The Morgan fingerprint density at radius 1 is 1.50 bits per heavy atom. The van der Waals surface area contributed by atoms with Gasteiger partial charge in [0.2, 0.25) is 0 Å². The van der Waals surface area contributed by atoms with Gasteiger partial charge < -0.3 is 0 Å². The normalized spacial score (nSPS) is 41.6. The molecule has 0 bridgehead atoms. The molecule has 0 aromatic carbocycles. The second kappa shape index (κ2) is 2.45. The molecule has 0 amide bonds. The number of hydrogen-bond donors (Lipinski definition) is 0. The first-order valence-corrected chi connectivity index (χ1v) is 4.85. The lowest BCUT2D eigenvalue weighted by atomic mass is 9.69. The van der Waals surface area contributed by atoms with Gasteiger partial charge in [0.05, 0.1) is 0 Å². The molecule has 0 N–H and O–H groups in total. The first-order chi connectivity index (χ1) is 5.63. The van der Waals surface area contributed by atoms with Crippen molar-refractivity contribution in [3.63, 3.8) is 0 Å². The van der Waals surface area contributed by atoms with E-state index in [1.165, 1.54) is 19.3 Å². The molecule has 2 aliphatic carbocycles. The van der Waals surface area contributed by atoms with Gasteiger partial charge in [0.15, 0.2) is 5.78 Å². The van der Waals surface area contributed by atoms with Gasteiger partial charge >= 0.3 is 0 Å². The summed E-state index contributed by atoms with van der Waals surface area (Å²) < 4.78 is 0. The van der Waals surface area contributed by atoms with Crippen molar-refractivity contribution < 1.29 is 4.79 Å². The Kier molecular flexibility index (Phi) is 1.64. The molecule has 2 rings (SSSR count). The average molecular weight is 164 g/mol. The van der Waals surface area contributed by atoms with Crippen LogP contribution in [-0.4, -0.2) is 5.78 Å². The fourth-order valence-electron chi connectivity index (χ4n) is 2.88. The third kappa shape index (κ3) is 0.954. The van der Waals surface area contributed by atoms with Crippen LogP contribution in [0.25, 0.3) is 0 Å². The summed E-state index contributed by atoms with van der Waals surface area (Å²) in [4.78, 5) is 11.6. The molecule has 1 heteroatoms. The summed E-state index contributed by atoms with van der Waals surface area (Å²) in [7, 11) is 0. The molecule has 0 unspecified atom stereocenters. The van der Waals surface area contributed by atoms with Gasteiger partial charge in [0.1, 0.15) is 0 Å². The van der Waals surface area contributed by atoms with E-state index in [4.69, 9.17) is 0 Å². The van der Waals surface area contributed by atoms with E-state index in [0.717, 1.165) is 18.4 Å². The minimum absolute atomic E-state index is 0.284. The summed E-state index contributed by atoms with van der Waals surface area (Å²) in [6.45, 7) is 6.11. The van der Waals surface area contributed by atoms with Crippen LogP contribution in [0.4, 0.5) is 0 Å². The van der Waals surface area contributed by atoms with Gasteiger partial charge in [-0.25, -0.2) is 0 Å². The molecule has 0 aromatic rings. The predicted molar refractivity (Wildman–Crippen MR) is 48.8 cm³/mol. The van der Waals surface area contributed by atoms with Gasteiger partial charge in [0.25, 0.3) is 0 Å². The van der Waals surface area contributed by atoms with Crippen molar-refractivity contribution in [2.75, 3.05) is 0 Å². The van der Waals surface area contributed by atoms with Crippen molar-refractivity contribution in [2.45, 2.75) is 39.0 Å². The van der Waals surface area contributed by atoms with E-state index >= 15 is 0 Å². The highest BCUT2D eigenvalue weighted by atomic mass is 16.1. The van der Waals surface area contributed by atoms with E-state index in [2.05, 4.69) is 13.5 Å². The summed E-state index contributed by atoms with van der Waals surface area (Å²) in [5, 5.41) is 0. The Labute approximate surface area is 73.8 Å². The molecule has 0 aliphatic heterocycles. The van der Waals surface area contributed by atoms with Crippen molar-refractivity contribution in [1.82, 2.24) is 0 Å². The molecule has 2 aliphatic rings. The molecule has 2 saturated carbocycles. The lowest BCUT2D eigenvalue weighted by Crippen LogP contribution is -2.28. The molecule has 66 valence electrons. The fourth-order valence-corrected chi connectivity index (χ4v) is 2.88. The number of ketones is 1. The third-order valence-electron chi connectivity index (χ3n) is 3.61. The summed E-state index contributed by atoms with van der Waals surface area (Å²) in [5.41, 5.74) is 1.16. The van der Waals surface area contributed by atoms with Crippen molar-refractivity contribution in [2.24, 2.45) is 11.3 Å². The Morgan fingerprint density at radius 2 is 2.25 bits per heavy atom. The van der Waals surface area contributed by atoms with Gasteiger partial charge in [-0.15, -0.1) is 0 Å². The van der Waals surface area contributed by atoms with E-state index in [1.54, 1.807) is 0 Å². The summed E-state index contributed by atoms with van der Waals surface area (Å²) in [6.07, 6.45) is 5.82. The van der Waals surface area contributed by atoms with Crippen molar-refractivity contribution >= 4 is 5.78 Å². The first kappa shape index (κ1) is 8.03. The SMILES string of the molecule is C=C1C[C@]2(C)CCCC[C@@H]2C1=O. The minimum atomic E-state index is 0.284. The molecule has 0 heterocycles. The van der Waals surface area contributed by atoms with Gasteiger partial charge in [-0.3, -0.25) is 4.79 Å². The second-order valence-corrected chi connectivity index (χ2v) is 4.60. The molecule has 2 atom stereocenters. The van der Waals surface area contributed by atoms with E-state index in [9.17, 15) is 4.79 Å². The van der Waals surface area contributed by atoms with E-state index < -0.39 is 0 Å². The molecule has 0 aromatic heterocycles. The zero-order valence-electron chi connectivity index (χ0n) is 7.73. The van der Waals surface area contributed by atoms with Crippen molar-refractivity contribution in [3.8, 4) is 0 Å². The lowest BCUT2D eigenvalue weighted by molar-refractivity contribution is -0.120. The molecular weight excluding hydrogens is 148 g/mol. The van der Waals surface area contributed by atoms with Crippen LogP contribution in [0.15, 0.2) is 12.2 Å². The van der Waals surface area contributed by atoms with Gasteiger partial charge in [-0.05, 0) is 30.3 Å². The highest BCUT2D eigenvalue weighted by Crippen LogP contribution is 2.51. The lowest BCUT2D eigenvalue weighted by Gasteiger charge is -2.34. The minimum Gasteiger partial charge on any atom is -0.294 e. The van der Waals surface area contributed by atoms with Gasteiger partial charge in [-0.2, -0.15) is 0 Å². The topological polar surface area (TPSA) is 17.1 Å². The van der Waals surface area contributed by atoms with Crippen LogP contribution < -0.4 is 0 Å². The molecule has 0 spiro atoms. The zero-order valence-corrected chi connectivity index (χ0v) is 7.73. The first-order valence-electron chi connectivity index (χ1n) is 4.85. The van der Waals surface area contributed by atoms with Gasteiger partial charge in [0, 0.05) is 5.92 Å². The summed E-state index contributed by atoms with van der Waals surface area (Å²) in [5.74, 6) is 0.677. The number of allylic oxidation sites excluding steroid dienone is 1. The van der Waals surface area contributed by atoms with E-state index in [-0.39, 0.29) is 5.41 Å². The molecule has 1 nitrogen and oxygen atoms in total. The number of carbonyl (C=O) groups excluding carboxylic acids is 1. The molecule has 0 radical (unpaired) electrons. The predicted octanol–water partition coefficient (Wildman–Crippen LogP) is 2.71. The van der Waals surface area contributed by atoms with E-state index in [1.807, 2.05) is 0 Å². The highest BCUT2D eigenvalue weighted by molar-refractivity contribution is 5.99. The monoisotopic (exact) mass is 164 g/mol. The maximum atomic E-state index is 11.6. The zero-order chi connectivity index (χ0) is 8.77. The fraction of sp³-hybridized carbons (Fsp3) is 0.727. The molecule has 12 heavy (non-hydrogen) atoms. The number of fused-ring (bicyclic) bond motifs is 1. The number of Topliss-reactive ketones (excluding diaryl/α,β-unsaturated/α-hetero) is 1. The molecular formula is C11H16O. The maximum absolute atomic E-state index is 11.6. The molecule has 2 fully saturated rings. The summed E-state index contributed by atoms with van der Waals surface area (Å²) in [6, 6.07) is 0. The number of hydrogen-bond acceptors (Lipinski definition) is 1. The van der Waals surface area contributed by atoms with Crippen LogP contribution in [0.2, 0.25) is 0 Å². The van der Waals surface area contributed by atoms with E-state index in [0.29, 0.717) is 11.7 Å². The van der Waals surface area contributed by atoms with Crippen LogP contribution in [0.5, 0.6) is 0 Å². The Balaban J connectivity index is 2.30. The van der Waals surface area contributed by atoms with Crippen LogP contribution >= 0.6 is 0 Å².